The molecule has 6 nitrogen and oxygen atoms in total. The van der Waals surface area contributed by atoms with Gasteiger partial charge in [-0.15, -0.1) is 0 Å². The second kappa shape index (κ2) is 6.31. The van der Waals surface area contributed by atoms with E-state index in [-0.39, 0.29) is 23.1 Å². The molecule has 0 radical (unpaired) electrons. The maximum atomic E-state index is 10.9. The Morgan fingerprint density at radius 3 is 2.65 bits per heavy atom. The van der Waals surface area contributed by atoms with Crippen LogP contribution in [0, 0.1) is 10.1 Å². The Hall–Kier alpha value is -2.18. The molecule has 0 aliphatic rings. The molecule has 104 valence electrons. The van der Waals surface area contributed by atoms with Crippen LogP contribution in [0.1, 0.15) is 5.56 Å². The van der Waals surface area contributed by atoms with E-state index in [1.807, 2.05) is 12.1 Å². The number of halogens is 1. The Labute approximate surface area is 120 Å². The first-order chi connectivity index (χ1) is 9.60. The van der Waals surface area contributed by atoms with Gasteiger partial charge in [0, 0.05) is 24.6 Å². The van der Waals surface area contributed by atoms with Gasteiger partial charge >= 0.3 is 5.69 Å². The van der Waals surface area contributed by atoms with Crippen LogP contribution in [0.25, 0.3) is 0 Å². The van der Waals surface area contributed by atoms with E-state index in [1.54, 1.807) is 12.1 Å². The van der Waals surface area contributed by atoms with E-state index < -0.39 is 4.92 Å². The summed E-state index contributed by atoms with van der Waals surface area (Å²) in [4.78, 5) is 14.3. The highest BCUT2D eigenvalue weighted by atomic mass is 35.5. The van der Waals surface area contributed by atoms with Gasteiger partial charge in [0.1, 0.15) is 0 Å². The average molecular weight is 294 g/mol. The molecule has 0 aliphatic carbocycles. The molecule has 2 rings (SSSR count). The highest BCUT2D eigenvalue weighted by Gasteiger charge is 2.16. The third-order valence-electron chi connectivity index (χ3n) is 2.65. The minimum atomic E-state index is -0.540. The SMILES string of the molecule is O=[N+]([O-])c1cc(Cl)cnc1Nc1ccc(CCO)cc1. The number of nitrogens with one attached hydrogen (secondary N) is 1. The van der Waals surface area contributed by atoms with E-state index in [2.05, 4.69) is 10.3 Å². The number of hydrogen-bond acceptors (Lipinski definition) is 5. The lowest BCUT2D eigenvalue weighted by molar-refractivity contribution is -0.384. The highest BCUT2D eigenvalue weighted by Crippen LogP contribution is 2.27. The summed E-state index contributed by atoms with van der Waals surface area (Å²) < 4.78 is 0. The number of rotatable bonds is 5. The fourth-order valence-corrected chi connectivity index (χ4v) is 1.84. The van der Waals surface area contributed by atoms with E-state index in [0.717, 1.165) is 5.56 Å². The van der Waals surface area contributed by atoms with Gasteiger partial charge in [-0.25, -0.2) is 4.98 Å². The Bertz CT molecular complexity index is 617. The Morgan fingerprint density at radius 2 is 2.05 bits per heavy atom. The molecule has 0 saturated carbocycles. The van der Waals surface area contributed by atoms with Crippen molar-refractivity contribution in [2.24, 2.45) is 0 Å². The molecule has 2 N–H and O–H groups in total. The molecule has 20 heavy (non-hydrogen) atoms. The number of aliphatic hydroxyl groups excluding tert-OH is 1. The summed E-state index contributed by atoms with van der Waals surface area (Å²) in [6.45, 7) is 0.0803. The minimum absolute atomic E-state index is 0.0803. The summed E-state index contributed by atoms with van der Waals surface area (Å²) in [5.74, 6) is 0.134. The molecule has 0 amide bonds. The van der Waals surface area contributed by atoms with Crippen LogP contribution in [-0.2, 0) is 6.42 Å². The Morgan fingerprint density at radius 1 is 1.35 bits per heavy atom. The molecule has 0 fully saturated rings. The summed E-state index contributed by atoms with van der Waals surface area (Å²) >= 11 is 5.70. The third-order valence-corrected chi connectivity index (χ3v) is 2.85. The maximum absolute atomic E-state index is 10.9. The minimum Gasteiger partial charge on any atom is -0.396 e. The van der Waals surface area contributed by atoms with Crippen molar-refractivity contribution in [3.63, 3.8) is 0 Å². The second-order valence-corrected chi connectivity index (χ2v) is 4.51. The fraction of sp³-hybridized carbons (Fsp3) is 0.154. The fourth-order valence-electron chi connectivity index (χ4n) is 1.68. The monoisotopic (exact) mass is 293 g/mol. The second-order valence-electron chi connectivity index (χ2n) is 4.07. The van der Waals surface area contributed by atoms with Gasteiger partial charge in [0.25, 0.3) is 0 Å². The van der Waals surface area contributed by atoms with Crippen molar-refractivity contribution in [1.29, 1.82) is 0 Å². The van der Waals surface area contributed by atoms with Crippen molar-refractivity contribution in [2.45, 2.75) is 6.42 Å². The lowest BCUT2D eigenvalue weighted by Crippen LogP contribution is -2.00. The summed E-state index contributed by atoms with van der Waals surface area (Å²) in [7, 11) is 0. The van der Waals surface area contributed by atoms with Crippen LogP contribution in [0.4, 0.5) is 17.2 Å². The molecule has 1 aromatic heterocycles. The van der Waals surface area contributed by atoms with Crippen molar-refractivity contribution < 1.29 is 10.0 Å². The zero-order valence-corrected chi connectivity index (χ0v) is 11.2. The smallest absolute Gasteiger partial charge is 0.313 e. The van der Waals surface area contributed by atoms with Crippen LogP contribution >= 0.6 is 11.6 Å². The zero-order valence-electron chi connectivity index (χ0n) is 10.4. The standard InChI is InChI=1S/C13H12ClN3O3/c14-10-7-12(17(19)20)13(15-8-10)16-11-3-1-9(2-4-11)5-6-18/h1-4,7-8,18H,5-6H2,(H,15,16). The van der Waals surface area contributed by atoms with Crippen LogP contribution in [-0.4, -0.2) is 21.6 Å². The first-order valence-corrected chi connectivity index (χ1v) is 6.24. The molecule has 0 spiro atoms. The summed E-state index contributed by atoms with van der Waals surface area (Å²) in [6, 6.07) is 8.45. The van der Waals surface area contributed by atoms with Crippen LogP contribution < -0.4 is 5.32 Å². The zero-order chi connectivity index (χ0) is 14.5. The molecule has 2 aromatic rings. The summed E-state index contributed by atoms with van der Waals surface area (Å²) in [5, 5.41) is 22.9. The number of nitrogens with zero attached hydrogens (tertiary/aromatic N) is 2. The number of benzene rings is 1. The first-order valence-electron chi connectivity index (χ1n) is 5.87. The number of hydrogen-bond donors (Lipinski definition) is 2. The molecule has 0 saturated heterocycles. The third kappa shape index (κ3) is 3.43. The van der Waals surface area contributed by atoms with E-state index in [9.17, 15) is 10.1 Å². The van der Waals surface area contributed by atoms with Crippen LogP contribution in [0.5, 0.6) is 0 Å². The van der Waals surface area contributed by atoms with Gasteiger partial charge in [-0.05, 0) is 24.1 Å². The molecule has 0 aliphatic heterocycles. The predicted molar refractivity (Wildman–Crippen MR) is 76.4 cm³/mol. The van der Waals surface area contributed by atoms with E-state index in [0.29, 0.717) is 12.1 Å². The summed E-state index contributed by atoms with van der Waals surface area (Å²) in [6.07, 6.45) is 1.91. The van der Waals surface area contributed by atoms with E-state index in [4.69, 9.17) is 16.7 Å². The predicted octanol–water partition coefficient (Wildman–Crippen LogP) is 2.92. The molecular formula is C13H12ClN3O3. The van der Waals surface area contributed by atoms with Gasteiger partial charge in [0.05, 0.1) is 9.95 Å². The Balaban J connectivity index is 2.23. The number of aromatic nitrogens is 1. The lowest BCUT2D eigenvalue weighted by atomic mass is 10.1. The number of pyridine rings is 1. The molecule has 1 aromatic carbocycles. The number of aliphatic hydroxyl groups is 1. The number of nitro groups is 1. The van der Waals surface area contributed by atoms with Gasteiger partial charge in [0.2, 0.25) is 5.82 Å². The molecule has 0 atom stereocenters. The Kier molecular flexibility index (Phi) is 4.49. The largest absolute Gasteiger partial charge is 0.396 e. The lowest BCUT2D eigenvalue weighted by Gasteiger charge is -2.07. The first kappa shape index (κ1) is 14.2. The van der Waals surface area contributed by atoms with Crippen molar-refractivity contribution in [2.75, 3.05) is 11.9 Å². The van der Waals surface area contributed by atoms with Gasteiger partial charge in [0.15, 0.2) is 0 Å². The van der Waals surface area contributed by atoms with Gasteiger partial charge in [-0.3, -0.25) is 10.1 Å². The quantitative estimate of drug-likeness (QED) is 0.653. The molecular weight excluding hydrogens is 282 g/mol. The highest BCUT2D eigenvalue weighted by molar-refractivity contribution is 6.30. The summed E-state index contributed by atoms with van der Waals surface area (Å²) in [5.41, 5.74) is 1.47. The van der Waals surface area contributed by atoms with Crippen LogP contribution in [0.15, 0.2) is 36.5 Å². The topological polar surface area (TPSA) is 88.3 Å². The van der Waals surface area contributed by atoms with Crippen LogP contribution in [0.3, 0.4) is 0 Å². The van der Waals surface area contributed by atoms with Crippen molar-refractivity contribution in [3.8, 4) is 0 Å². The average Bonchev–Trinajstić information content (AvgIpc) is 2.43. The normalized spacial score (nSPS) is 10.3. The van der Waals surface area contributed by atoms with Gasteiger partial charge in [-0.1, -0.05) is 23.7 Å². The van der Waals surface area contributed by atoms with Gasteiger partial charge < -0.3 is 10.4 Å². The van der Waals surface area contributed by atoms with Crippen LogP contribution in [0.2, 0.25) is 5.02 Å². The van der Waals surface area contributed by atoms with Gasteiger partial charge in [-0.2, -0.15) is 0 Å². The van der Waals surface area contributed by atoms with E-state index in [1.165, 1.54) is 12.3 Å². The molecule has 0 bridgehead atoms. The van der Waals surface area contributed by atoms with Crippen molar-refractivity contribution in [3.05, 3.63) is 57.2 Å². The van der Waals surface area contributed by atoms with Crippen molar-refractivity contribution >= 4 is 28.8 Å². The maximum Gasteiger partial charge on any atom is 0.313 e. The van der Waals surface area contributed by atoms with E-state index >= 15 is 0 Å². The number of anilines is 2. The molecule has 7 heteroatoms. The van der Waals surface area contributed by atoms with Crippen molar-refractivity contribution in [1.82, 2.24) is 4.98 Å². The molecule has 1 heterocycles. The molecule has 0 unspecified atom stereocenters.